The number of hydrogen-bond acceptors (Lipinski definition) is 2. The lowest BCUT2D eigenvalue weighted by molar-refractivity contribution is 0.268. The summed E-state index contributed by atoms with van der Waals surface area (Å²) in [6, 6.07) is 8.82. The van der Waals surface area contributed by atoms with Gasteiger partial charge in [0, 0.05) is 32.3 Å². The van der Waals surface area contributed by atoms with Crippen LogP contribution in [-0.4, -0.2) is 0 Å². The Balaban J connectivity index is 1.83. The molecule has 1 heterocycles. The van der Waals surface area contributed by atoms with Gasteiger partial charge in [0.05, 0.1) is 0 Å². The third-order valence-corrected chi connectivity index (χ3v) is 5.88. The molecular weight excluding hydrogens is 354 g/mol. The zero-order chi connectivity index (χ0) is 14.3. The van der Waals surface area contributed by atoms with Gasteiger partial charge >= 0.3 is 0 Å². The van der Waals surface area contributed by atoms with Gasteiger partial charge in [0.15, 0.2) is 0 Å². The number of fused-ring (bicyclic) bond motifs is 1. The van der Waals surface area contributed by atoms with Crippen molar-refractivity contribution in [3.8, 4) is 0 Å². The second-order valence-corrected chi connectivity index (χ2v) is 8.40. The maximum Gasteiger partial charge on any atom is 0.0409 e. The molecule has 0 saturated heterocycles. The van der Waals surface area contributed by atoms with Crippen LogP contribution in [0.4, 0.5) is 0 Å². The molecule has 1 atom stereocenters. The molecular formula is C16H17BrClNS. The van der Waals surface area contributed by atoms with E-state index in [1.807, 2.05) is 6.07 Å². The summed E-state index contributed by atoms with van der Waals surface area (Å²) < 4.78 is 1.16. The lowest BCUT2D eigenvalue weighted by atomic mass is 9.85. The number of benzene rings is 1. The normalized spacial score (nSPS) is 20.1. The fourth-order valence-electron chi connectivity index (χ4n) is 3.04. The monoisotopic (exact) mass is 369 g/mol. The molecule has 1 nitrogen and oxygen atoms in total. The van der Waals surface area contributed by atoms with E-state index in [0.29, 0.717) is 6.04 Å². The average Bonchev–Trinajstić information content (AvgIpc) is 2.87. The smallest absolute Gasteiger partial charge is 0.0409 e. The van der Waals surface area contributed by atoms with E-state index in [1.165, 1.54) is 16.0 Å². The summed E-state index contributed by atoms with van der Waals surface area (Å²) in [6.45, 7) is 5.54. The van der Waals surface area contributed by atoms with E-state index < -0.39 is 0 Å². The molecule has 1 aromatic carbocycles. The molecule has 0 spiro atoms. The van der Waals surface area contributed by atoms with Gasteiger partial charge < -0.3 is 5.32 Å². The van der Waals surface area contributed by atoms with E-state index in [-0.39, 0.29) is 5.41 Å². The van der Waals surface area contributed by atoms with E-state index in [2.05, 4.69) is 58.7 Å². The van der Waals surface area contributed by atoms with Crippen molar-refractivity contribution in [2.75, 3.05) is 0 Å². The van der Waals surface area contributed by atoms with Crippen molar-refractivity contribution in [2.24, 2.45) is 5.41 Å². The highest BCUT2D eigenvalue weighted by Gasteiger charge is 2.38. The molecule has 1 unspecified atom stereocenters. The van der Waals surface area contributed by atoms with Crippen LogP contribution >= 0.6 is 38.9 Å². The zero-order valence-corrected chi connectivity index (χ0v) is 14.7. The molecule has 0 aliphatic heterocycles. The van der Waals surface area contributed by atoms with Gasteiger partial charge in [-0.3, -0.25) is 0 Å². The first-order chi connectivity index (χ1) is 9.45. The predicted octanol–water partition coefficient (Wildman–Crippen LogP) is 5.58. The number of thiophene rings is 1. The number of halogens is 2. The molecule has 0 radical (unpaired) electrons. The van der Waals surface area contributed by atoms with Crippen LogP contribution in [0, 0.1) is 5.41 Å². The Bertz CT molecular complexity index is 635. The summed E-state index contributed by atoms with van der Waals surface area (Å²) in [5.74, 6) is 0. The minimum absolute atomic E-state index is 0.224. The largest absolute Gasteiger partial charge is 0.305 e. The Labute approximate surface area is 137 Å². The minimum atomic E-state index is 0.224. The van der Waals surface area contributed by atoms with Crippen molar-refractivity contribution >= 4 is 38.9 Å². The summed E-state index contributed by atoms with van der Waals surface area (Å²) in [7, 11) is 0. The third-order valence-electron chi connectivity index (χ3n) is 3.95. The molecule has 106 valence electrons. The third kappa shape index (κ3) is 2.82. The van der Waals surface area contributed by atoms with Crippen LogP contribution in [0.25, 0.3) is 0 Å². The van der Waals surface area contributed by atoms with Crippen molar-refractivity contribution in [1.29, 1.82) is 0 Å². The summed E-state index contributed by atoms with van der Waals surface area (Å²) in [5, 5.41) is 6.67. The Morgan fingerprint density at radius 2 is 2.20 bits per heavy atom. The first-order valence-electron chi connectivity index (χ1n) is 6.70. The highest BCUT2D eigenvalue weighted by molar-refractivity contribution is 9.10. The van der Waals surface area contributed by atoms with Gasteiger partial charge in [0.25, 0.3) is 0 Å². The fraction of sp³-hybridized carbons (Fsp3) is 0.375. The highest BCUT2D eigenvalue weighted by atomic mass is 79.9. The Morgan fingerprint density at radius 1 is 1.40 bits per heavy atom. The second-order valence-electron chi connectivity index (χ2n) is 6.05. The van der Waals surface area contributed by atoms with Crippen LogP contribution in [0.2, 0.25) is 5.02 Å². The van der Waals surface area contributed by atoms with Crippen LogP contribution in [-0.2, 0) is 13.0 Å². The van der Waals surface area contributed by atoms with Crippen molar-refractivity contribution in [2.45, 2.75) is 32.9 Å². The van der Waals surface area contributed by atoms with Gasteiger partial charge in [-0.15, -0.1) is 11.3 Å². The summed E-state index contributed by atoms with van der Waals surface area (Å²) >= 11 is 11.5. The molecule has 1 N–H and O–H groups in total. The maximum atomic E-state index is 6.17. The summed E-state index contributed by atoms with van der Waals surface area (Å²) in [6.07, 6.45) is 1.10. The fourth-order valence-corrected chi connectivity index (χ4v) is 4.63. The molecule has 1 aliphatic carbocycles. The van der Waals surface area contributed by atoms with E-state index >= 15 is 0 Å². The van der Waals surface area contributed by atoms with Gasteiger partial charge in [-0.2, -0.15) is 0 Å². The standard InChI is InChI=1S/C16H17BrClNS/c1-16(2)7-10-3-4-12(18)6-14(10)15(16)19-8-13-5-11(17)9-20-13/h3-6,9,15,19H,7-8H2,1-2H3. The number of hydrogen-bond donors (Lipinski definition) is 1. The van der Waals surface area contributed by atoms with Crippen molar-refractivity contribution in [3.63, 3.8) is 0 Å². The molecule has 0 amide bonds. The van der Waals surface area contributed by atoms with Crippen LogP contribution in [0.15, 0.2) is 34.1 Å². The van der Waals surface area contributed by atoms with Gasteiger partial charge in [-0.25, -0.2) is 0 Å². The van der Waals surface area contributed by atoms with Crippen LogP contribution in [0.3, 0.4) is 0 Å². The molecule has 3 rings (SSSR count). The van der Waals surface area contributed by atoms with Crippen molar-refractivity contribution < 1.29 is 0 Å². The SMILES string of the molecule is CC1(C)Cc2ccc(Cl)cc2C1NCc1cc(Br)cs1. The van der Waals surface area contributed by atoms with Crippen molar-refractivity contribution in [1.82, 2.24) is 5.32 Å². The number of rotatable bonds is 3. The summed E-state index contributed by atoms with van der Waals surface area (Å²) in [4.78, 5) is 1.35. The van der Waals surface area contributed by atoms with E-state index in [4.69, 9.17) is 11.6 Å². The van der Waals surface area contributed by atoms with Gasteiger partial charge in [0.1, 0.15) is 0 Å². The van der Waals surface area contributed by atoms with Crippen molar-refractivity contribution in [3.05, 3.63) is 55.1 Å². The average molecular weight is 371 g/mol. The molecule has 4 heteroatoms. The Kier molecular flexibility index (Phi) is 3.97. The lowest BCUT2D eigenvalue weighted by Crippen LogP contribution is -2.30. The Hall–Kier alpha value is -0.350. The van der Waals surface area contributed by atoms with Gasteiger partial charge in [-0.1, -0.05) is 31.5 Å². The van der Waals surface area contributed by atoms with Gasteiger partial charge in [0.2, 0.25) is 0 Å². The molecule has 0 saturated carbocycles. The molecule has 0 fully saturated rings. The number of nitrogens with one attached hydrogen (secondary N) is 1. The van der Waals surface area contributed by atoms with E-state index in [0.717, 1.165) is 22.5 Å². The topological polar surface area (TPSA) is 12.0 Å². The lowest BCUT2D eigenvalue weighted by Gasteiger charge is -2.28. The van der Waals surface area contributed by atoms with Crippen LogP contribution in [0.5, 0.6) is 0 Å². The molecule has 0 bridgehead atoms. The minimum Gasteiger partial charge on any atom is -0.305 e. The predicted molar refractivity (Wildman–Crippen MR) is 90.5 cm³/mol. The quantitative estimate of drug-likeness (QED) is 0.744. The molecule has 2 aromatic rings. The second kappa shape index (κ2) is 5.45. The van der Waals surface area contributed by atoms with E-state index in [9.17, 15) is 0 Å². The molecule has 20 heavy (non-hydrogen) atoms. The summed E-state index contributed by atoms with van der Waals surface area (Å²) in [5.41, 5.74) is 3.00. The van der Waals surface area contributed by atoms with Crippen LogP contribution < -0.4 is 5.32 Å². The zero-order valence-electron chi connectivity index (χ0n) is 11.5. The first kappa shape index (κ1) is 14.6. The van der Waals surface area contributed by atoms with Gasteiger partial charge in [-0.05, 0) is 57.1 Å². The van der Waals surface area contributed by atoms with Crippen LogP contribution in [0.1, 0.15) is 35.9 Å². The molecule has 1 aliphatic rings. The molecule has 1 aromatic heterocycles. The maximum absolute atomic E-state index is 6.17. The van der Waals surface area contributed by atoms with E-state index in [1.54, 1.807) is 11.3 Å². The first-order valence-corrected chi connectivity index (χ1v) is 8.75. The Morgan fingerprint density at radius 3 is 2.90 bits per heavy atom. The highest BCUT2D eigenvalue weighted by Crippen LogP contribution is 2.46.